The van der Waals surface area contributed by atoms with E-state index in [1.165, 1.54) is 17.2 Å². The third-order valence-corrected chi connectivity index (χ3v) is 7.18. The second-order valence-corrected chi connectivity index (χ2v) is 9.67. The first-order valence-electron chi connectivity index (χ1n) is 11.3. The summed E-state index contributed by atoms with van der Waals surface area (Å²) in [6, 6.07) is 20.3. The Morgan fingerprint density at radius 2 is 1.82 bits per heavy atom. The van der Waals surface area contributed by atoms with Gasteiger partial charge in [-0.25, -0.2) is 9.18 Å². The highest BCUT2D eigenvalue weighted by atomic mass is 35.5. The number of halogens is 2. The Morgan fingerprint density at radius 3 is 2.55 bits per heavy atom. The summed E-state index contributed by atoms with van der Waals surface area (Å²) in [6.07, 6.45) is 1.92. The van der Waals surface area contributed by atoms with Crippen molar-refractivity contribution < 1.29 is 9.18 Å². The Balaban J connectivity index is 1.34. The smallest absolute Gasteiger partial charge is 0.308 e. The van der Waals surface area contributed by atoms with E-state index in [1.807, 2.05) is 23.1 Å². The lowest BCUT2D eigenvalue weighted by Gasteiger charge is -2.40. The minimum atomic E-state index is -0.191. The van der Waals surface area contributed by atoms with Crippen LogP contribution in [0.5, 0.6) is 0 Å². The highest BCUT2D eigenvalue weighted by molar-refractivity contribution is 6.30. The average molecular weight is 464 g/mol. The lowest BCUT2D eigenvalue weighted by atomic mass is 9.74. The Labute approximate surface area is 199 Å². The fourth-order valence-corrected chi connectivity index (χ4v) is 5.27. The van der Waals surface area contributed by atoms with Gasteiger partial charge >= 0.3 is 6.03 Å². The number of urea groups is 1. The maximum Gasteiger partial charge on any atom is 0.326 e. The van der Waals surface area contributed by atoms with E-state index in [0.717, 1.165) is 49.4 Å². The fraction of sp³-hybridized carbons (Fsp3) is 0.296. The molecule has 2 amide bonds. The number of piperidine rings is 1. The summed E-state index contributed by atoms with van der Waals surface area (Å²) in [7, 11) is 0. The maximum atomic E-state index is 13.6. The zero-order chi connectivity index (χ0) is 23.0. The number of carbonyl (C=O) groups is 1. The van der Waals surface area contributed by atoms with E-state index in [-0.39, 0.29) is 17.3 Å². The Kier molecular flexibility index (Phi) is 5.85. The average Bonchev–Trinajstić information content (AvgIpc) is 3.10. The SMILES string of the molecule is Cc1ccc2c(c1)C1(CCN(Cc3cccc(F)c3)CC1)CN2C(=O)Nc1ccc(Cl)cc1. The lowest BCUT2D eigenvalue weighted by Crippen LogP contribution is -2.46. The maximum absolute atomic E-state index is 13.6. The molecule has 33 heavy (non-hydrogen) atoms. The van der Waals surface area contributed by atoms with Crippen molar-refractivity contribution in [2.24, 2.45) is 0 Å². The molecule has 0 bridgehead atoms. The first-order chi connectivity index (χ1) is 15.9. The molecule has 2 heterocycles. The van der Waals surface area contributed by atoms with Crippen LogP contribution in [0.3, 0.4) is 0 Å². The lowest BCUT2D eigenvalue weighted by molar-refractivity contribution is 0.160. The third-order valence-electron chi connectivity index (χ3n) is 6.92. The number of nitrogens with zero attached hydrogens (tertiary/aromatic N) is 2. The molecule has 2 aliphatic heterocycles. The van der Waals surface area contributed by atoms with Gasteiger partial charge in [-0.05, 0) is 86.4 Å². The number of hydrogen-bond acceptors (Lipinski definition) is 2. The molecular formula is C27H27ClFN3O. The van der Waals surface area contributed by atoms with E-state index in [1.54, 1.807) is 24.3 Å². The molecule has 1 saturated heterocycles. The number of carbonyl (C=O) groups excluding carboxylic acids is 1. The van der Waals surface area contributed by atoms with Gasteiger partial charge in [0, 0.05) is 34.9 Å². The summed E-state index contributed by atoms with van der Waals surface area (Å²) in [5, 5.41) is 3.66. The second kappa shape index (κ2) is 8.81. The number of benzene rings is 3. The topological polar surface area (TPSA) is 35.6 Å². The van der Waals surface area contributed by atoms with Gasteiger partial charge in [-0.2, -0.15) is 0 Å². The fourth-order valence-electron chi connectivity index (χ4n) is 5.15. The monoisotopic (exact) mass is 463 g/mol. The molecule has 0 aliphatic carbocycles. The minimum Gasteiger partial charge on any atom is -0.308 e. The predicted octanol–water partition coefficient (Wildman–Crippen LogP) is 6.37. The van der Waals surface area contributed by atoms with Crippen molar-refractivity contribution in [1.29, 1.82) is 0 Å². The normalized spacial score (nSPS) is 17.2. The molecule has 5 rings (SSSR count). The van der Waals surface area contributed by atoms with Crippen molar-refractivity contribution in [3.8, 4) is 0 Å². The van der Waals surface area contributed by atoms with E-state index >= 15 is 0 Å². The molecule has 3 aromatic rings. The van der Waals surface area contributed by atoms with Gasteiger partial charge in [-0.15, -0.1) is 0 Å². The van der Waals surface area contributed by atoms with Crippen LogP contribution in [0.15, 0.2) is 66.7 Å². The van der Waals surface area contributed by atoms with E-state index in [4.69, 9.17) is 11.6 Å². The Bertz CT molecular complexity index is 1170. The van der Waals surface area contributed by atoms with Crippen molar-refractivity contribution in [3.05, 3.63) is 94.3 Å². The molecule has 1 fully saturated rings. The van der Waals surface area contributed by atoms with E-state index in [0.29, 0.717) is 11.6 Å². The second-order valence-electron chi connectivity index (χ2n) is 9.23. The van der Waals surface area contributed by atoms with Crippen molar-refractivity contribution in [2.75, 3.05) is 29.9 Å². The first kappa shape index (κ1) is 21.9. The van der Waals surface area contributed by atoms with Gasteiger partial charge in [0.05, 0.1) is 0 Å². The standard InChI is InChI=1S/C27H27ClFN3O/c1-19-5-10-25-24(15-19)27(18-32(25)26(33)30-23-8-6-21(28)7-9-23)11-13-31(14-12-27)17-20-3-2-4-22(29)16-20/h2-10,15-16H,11-14,17-18H2,1H3,(H,30,33). The van der Waals surface area contributed by atoms with Gasteiger partial charge in [0.1, 0.15) is 5.82 Å². The number of nitrogens with one attached hydrogen (secondary N) is 1. The summed E-state index contributed by atoms with van der Waals surface area (Å²) >= 11 is 5.98. The number of amides is 2. The van der Waals surface area contributed by atoms with Crippen LogP contribution >= 0.6 is 11.6 Å². The Hall–Kier alpha value is -2.89. The molecule has 6 heteroatoms. The highest BCUT2D eigenvalue weighted by Crippen LogP contribution is 2.47. The molecule has 4 nitrogen and oxygen atoms in total. The zero-order valence-electron chi connectivity index (χ0n) is 18.7. The van der Waals surface area contributed by atoms with Gasteiger partial charge in [-0.3, -0.25) is 9.80 Å². The van der Waals surface area contributed by atoms with Crippen molar-refractivity contribution >= 4 is 29.0 Å². The summed E-state index contributed by atoms with van der Waals surface area (Å²) in [4.78, 5) is 17.5. The summed E-state index contributed by atoms with van der Waals surface area (Å²) < 4.78 is 13.6. The molecule has 170 valence electrons. The van der Waals surface area contributed by atoms with Crippen LogP contribution in [-0.4, -0.2) is 30.6 Å². The number of anilines is 2. The van der Waals surface area contributed by atoms with Crippen molar-refractivity contribution in [2.45, 2.75) is 31.7 Å². The Morgan fingerprint density at radius 1 is 1.06 bits per heavy atom. The molecule has 1 spiro atoms. The van der Waals surface area contributed by atoms with Gasteiger partial charge in [0.25, 0.3) is 0 Å². The number of rotatable bonds is 3. The molecule has 0 atom stereocenters. The molecule has 0 saturated carbocycles. The molecule has 2 aliphatic rings. The number of aryl methyl sites for hydroxylation is 1. The van der Waals surface area contributed by atoms with Crippen LogP contribution in [-0.2, 0) is 12.0 Å². The highest BCUT2D eigenvalue weighted by Gasteiger charge is 2.46. The number of fused-ring (bicyclic) bond motifs is 2. The first-order valence-corrected chi connectivity index (χ1v) is 11.7. The van der Waals surface area contributed by atoms with Crippen LogP contribution < -0.4 is 10.2 Å². The molecule has 3 aromatic carbocycles. The van der Waals surface area contributed by atoms with Gasteiger partial charge < -0.3 is 5.32 Å². The predicted molar refractivity (Wildman–Crippen MR) is 132 cm³/mol. The van der Waals surface area contributed by atoms with E-state index in [9.17, 15) is 9.18 Å². The van der Waals surface area contributed by atoms with Gasteiger partial charge in [0.2, 0.25) is 0 Å². The summed E-state index contributed by atoms with van der Waals surface area (Å²) in [6.45, 7) is 5.34. The molecule has 0 radical (unpaired) electrons. The zero-order valence-corrected chi connectivity index (χ0v) is 19.4. The van der Waals surface area contributed by atoms with Gasteiger partial charge in [-0.1, -0.05) is 41.4 Å². The van der Waals surface area contributed by atoms with Crippen LogP contribution in [0.4, 0.5) is 20.6 Å². The summed E-state index contributed by atoms with van der Waals surface area (Å²) in [5.41, 5.74) is 5.12. The number of likely N-dealkylation sites (tertiary alicyclic amines) is 1. The van der Waals surface area contributed by atoms with Gasteiger partial charge in [0.15, 0.2) is 0 Å². The van der Waals surface area contributed by atoms with Crippen molar-refractivity contribution in [1.82, 2.24) is 4.90 Å². The largest absolute Gasteiger partial charge is 0.326 e. The minimum absolute atomic E-state index is 0.0584. The van der Waals surface area contributed by atoms with Crippen LogP contribution in [0.1, 0.15) is 29.5 Å². The van der Waals surface area contributed by atoms with E-state index in [2.05, 4.69) is 35.3 Å². The van der Waals surface area contributed by atoms with Crippen molar-refractivity contribution in [3.63, 3.8) is 0 Å². The van der Waals surface area contributed by atoms with Crippen LogP contribution in [0.25, 0.3) is 0 Å². The van der Waals surface area contributed by atoms with Crippen LogP contribution in [0, 0.1) is 12.7 Å². The number of hydrogen-bond donors (Lipinski definition) is 1. The third kappa shape index (κ3) is 4.48. The molecule has 0 aromatic heterocycles. The quantitative estimate of drug-likeness (QED) is 0.489. The van der Waals surface area contributed by atoms with Crippen LogP contribution in [0.2, 0.25) is 5.02 Å². The van der Waals surface area contributed by atoms with E-state index < -0.39 is 0 Å². The molecule has 0 unspecified atom stereocenters. The molecule has 1 N–H and O–H groups in total. The summed E-state index contributed by atoms with van der Waals surface area (Å²) in [5.74, 6) is -0.191. The molecular weight excluding hydrogens is 437 g/mol.